The standard InChI is InChI=1S/C22H20N4S2/c1-13-25-22-18(21(23)26(13)24)16-12-17(14-8-4-2-5-9-14)27-19(20(16)28-22)15-10-6-3-7-11-15/h2-11,17,19,23H,12,24H2,1H3/t17-,19+/m0/s1. The van der Waals surface area contributed by atoms with E-state index in [1.807, 2.05) is 18.7 Å². The van der Waals surface area contributed by atoms with Gasteiger partial charge in [-0.2, -0.15) is 0 Å². The highest BCUT2D eigenvalue weighted by molar-refractivity contribution is 8.00. The molecule has 1 aliphatic heterocycles. The molecule has 0 spiro atoms. The highest BCUT2D eigenvalue weighted by atomic mass is 32.2. The van der Waals surface area contributed by atoms with Gasteiger partial charge in [-0.15, -0.1) is 23.1 Å². The van der Waals surface area contributed by atoms with Gasteiger partial charge in [0.2, 0.25) is 0 Å². The zero-order valence-electron chi connectivity index (χ0n) is 15.4. The molecule has 1 aliphatic rings. The molecule has 5 rings (SSSR count). The lowest BCUT2D eigenvalue weighted by Crippen LogP contribution is -2.30. The number of rotatable bonds is 2. The second-order valence-electron chi connectivity index (χ2n) is 7.03. The van der Waals surface area contributed by atoms with Crippen molar-refractivity contribution < 1.29 is 0 Å². The van der Waals surface area contributed by atoms with Crippen LogP contribution in [0.4, 0.5) is 0 Å². The van der Waals surface area contributed by atoms with Gasteiger partial charge < -0.3 is 5.84 Å². The first-order chi connectivity index (χ1) is 13.6. The lowest BCUT2D eigenvalue weighted by Gasteiger charge is -2.30. The van der Waals surface area contributed by atoms with Gasteiger partial charge in [0.25, 0.3) is 0 Å². The SMILES string of the molecule is Cc1nc2sc3c(c2c(=N)n1N)C[C@@H](c1ccccc1)S[C@@H]3c1ccccc1. The van der Waals surface area contributed by atoms with Crippen LogP contribution in [0.5, 0.6) is 0 Å². The normalized spacial score (nSPS) is 18.9. The first kappa shape index (κ1) is 17.5. The van der Waals surface area contributed by atoms with Crippen molar-refractivity contribution in [2.24, 2.45) is 0 Å². The third kappa shape index (κ3) is 2.75. The van der Waals surface area contributed by atoms with E-state index in [4.69, 9.17) is 16.2 Å². The van der Waals surface area contributed by atoms with E-state index < -0.39 is 0 Å². The van der Waals surface area contributed by atoms with Gasteiger partial charge in [0.05, 0.1) is 10.6 Å². The van der Waals surface area contributed by atoms with Crippen LogP contribution < -0.4 is 11.3 Å². The maximum Gasteiger partial charge on any atom is 0.155 e. The second kappa shape index (κ2) is 6.79. The molecular weight excluding hydrogens is 384 g/mol. The smallest absolute Gasteiger partial charge is 0.155 e. The Morgan fingerprint density at radius 2 is 1.68 bits per heavy atom. The number of nitrogens with one attached hydrogen (secondary N) is 1. The number of thiophene rings is 1. The number of hydrogen-bond donors (Lipinski definition) is 2. The van der Waals surface area contributed by atoms with E-state index >= 15 is 0 Å². The molecule has 0 unspecified atom stereocenters. The van der Waals surface area contributed by atoms with Gasteiger partial charge in [-0.25, -0.2) is 9.66 Å². The predicted molar refractivity (Wildman–Crippen MR) is 117 cm³/mol. The quantitative estimate of drug-likeness (QED) is 0.475. The summed E-state index contributed by atoms with van der Waals surface area (Å²) < 4.78 is 1.39. The van der Waals surface area contributed by atoms with Crippen molar-refractivity contribution in [1.82, 2.24) is 9.66 Å². The zero-order chi connectivity index (χ0) is 19.3. The van der Waals surface area contributed by atoms with Crippen LogP contribution in [-0.2, 0) is 6.42 Å². The Morgan fingerprint density at radius 1 is 1.04 bits per heavy atom. The second-order valence-corrected chi connectivity index (χ2v) is 9.38. The maximum absolute atomic E-state index is 8.62. The van der Waals surface area contributed by atoms with Crippen molar-refractivity contribution in [2.75, 3.05) is 5.84 Å². The number of aromatic nitrogens is 2. The molecule has 2 aromatic heterocycles. The molecule has 0 bridgehead atoms. The molecule has 3 N–H and O–H groups in total. The highest BCUT2D eigenvalue weighted by Crippen LogP contribution is 2.54. The Balaban J connectivity index is 1.75. The maximum atomic E-state index is 8.62. The molecule has 2 atom stereocenters. The van der Waals surface area contributed by atoms with Crippen LogP contribution in [0, 0.1) is 12.3 Å². The molecule has 4 nitrogen and oxygen atoms in total. The summed E-state index contributed by atoms with van der Waals surface area (Å²) in [6.45, 7) is 1.85. The molecule has 2 aromatic carbocycles. The van der Waals surface area contributed by atoms with E-state index in [0.717, 1.165) is 16.6 Å². The van der Waals surface area contributed by atoms with Gasteiger partial charge in [0.1, 0.15) is 10.7 Å². The number of fused-ring (bicyclic) bond motifs is 3. The Labute approximate surface area is 171 Å². The lowest BCUT2D eigenvalue weighted by molar-refractivity contribution is 0.813. The topological polar surface area (TPSA) is 67.7 Å². The Morgan fingerprint density at radius 3 is 2.36 bits per heavy atom. The lowest BCUT2D eigenvalue weighted by atomic mass is 9.98. The van der Waals surface area contributed by atoms with Crippen molar-refractivity contribution in [3.05, 3.63) is 93.5 Å². The van der Waals surface area contributed by atoms with Crippen LogP contribution in [0.2, 0.25) is 0 Å². The van der Waals surface area contributed by atoms with Crippen LogP contribution in [0.15, 0.2) is 60.7 Å². The summed E-state index contributed by atoms with van der Waals surface area (Å²) in [4.78, 5) is 6.93. The van der Waals surface area contributed by atoms with Gasteiger partial charge in [-0.05, 0) is 30.0 Å². The van der Waals surface area contributed by atoms with E-state index in [1.54, 1.807) is 11.3 Å². The van der Waals surface area contributed by atoms with E-state index in [1.165, 1.54) is 26.2 Å². The number of hydrogen-bond acceptors (Lipinski definition) is 5. The van der Waals surface area contributed by atoms with Crippen LogP contribution in [0.3, 0.4) is 0 Å². The largest absolute Gasteiger partial charge is 0.336 e. The first-order valence-electron chi connectivity index (χ1n) is 9.23. The van der Waals surface area contributed by atoms with E-state index in [9.17, 15) is 0 Å². The number of nitrogen functional groups attached to an aromatic ring is 1. The fourth-order valence-electron chi connectivity index (χ4n) is 3.87. The third-order valence-electron chi connectivity index (χ3n) is 5.31. The minimum atomic E-state index is 0.236. The minimum absolute atomic E-state index is 0.236. The van der Waals surface area contributed by atoms with Crippen LogP contribution in [-0.4, -0.2) is 9.66 Å². The Kier molecular flexibility index (Phi) is 4.25. The summed E-state index contributed by atoms with van der Waals surface area (Å²) in [7, 11) is 0. The van der Waals surface area contributed by atoms with Gasteiger partial charge in [0, 0.05) is 10.1 Å². The van der Waals surface area contributed by atoms with Crippen molar-refractivity contribution in [1.29, 1.82) is 5.41 Å². The molecule has 0 aliphatic carbocycles. The summed E-state index contributed by atoms with van der Waals surface area (Å²) in [5.41, 5.74) is 4.21. The van der Waals surface area contributed by atoms with Crippen molar-refractivity contribution >= 4 is 33.3 Å². The Bertz CT molecular complexity index is 1210. The molecule has 28 heavy (non-hydrogen) atoms. The highest BCUT2D eigenvalue weighted by Gasteiger charge is 2.33. The summed E-state index contributed by atoms with van der Waals surface area (Å²) in [5, 5.41) is 10.1. The number of nitrogens with two attached hydrogens (primary N) is 1. The van der Waals surface area contributed by atoms with E-state index in [-0.39, 0.29) is 5.25 Å². The van der Waals surface area contributed by atoms with E-state index in [0.29, 0.717) is 16.6 Å². The van der Waals surface area contributed by atoms with Gasteiger partial charge >= 0.3 is 0 Å². The summed E-state index contributed by atoms with van der Waals surface area (Å²) >= 11 is 3.71. The van der Waals surface area contributed by atoms with Crippen molar-refractivity contribution in [3.63, 3.8) is 0 Å². The molecule has 0 radical (unpaired) electrons. The number of benzene rings is 2. The monoisotopic (exact) mass is 404 g/mol. The number of thioether (sulfide) groups is 1. The van der Waals surface area contributed by atoms with Gasteiger partial charge in [-0.3, -0.25) is 5.41 Å². The fraction of sp³-hybridized carbons (Fsp3) is 0.182. The average molecular weight is 405 g/mol. The number of nitrogens with zero attached hydrogens (tertiary/aromatic N) is 2. The fourth-order valence-corrected chi connectivity index (χ4v) is 6.93. The van der Waals surface area contributed by atoms with Gasteiger partial charge in [-0.1, -0.05) is 60.7 Å². The molecule has 140 valence electrons. The molecule has 0 amide bonds. The van der Waals surface area contributed by atoms with Crippen LogP contribution in [0.1, 0.15) is 37.9 Å². The average Bonchev–Trinajstić information content (AvgIpc) is 3.10. The molecule has 0 saturated heterocycles. The molecule has 4 aromatic rings. The number of aryl methyl sites for hydroxylation is 1. The van der Waals surface area contributed by atoms with Crippen LogP contribution in [0.25, 0.3) is 10.2 Å². The first-order valence-corrected chi connectivity index (χ1v) is 11.0. The van der Waals surface area contributed by atoms with Crippen molar-refractivity contribution in [2.45, 2.75) is 23.8 Å². The third-order valence-corrected chi connectivity index (χ3v) is 8.20. The molecule has 6 heteroatoms. The molecule has 0 fully saturated rings. The minimum Gasteiger partial charge on any atom is -0.336 e. The predicted octanol–water partition coefficient (Wildman–Crippen LogP) is 4.72. The van der Waals surface area contributed by atoms with Crippen LogP contribution >= 0.6 is 23.1 Å². The zero-order valence-corrected chi connectivity index (χ0v) is 17.1. The molecule has 0 saturated carbocycles. The van der Waals surface area contributed by atoms with Gasteiger partial charge in [0.15, 0.2) is 5.49 Å². The summed E-state index contributed by atoms with van der Waals surface area (Å²) in [5.74, 6) is 6.76. The van der Waals surface area contributed by atoms with E-state index in [2.05, 4.69) is 60.7 Å². The molecule has 3 heterocycles. The Hall–Kier alpha value is -2.57. The summed E-state index contributed by atoms with van der Waals surface area (Å²) in [6, 6.07) is 21.3. The summed E-state index contributed by atoms with van der Waals surface area (Å²) in [6.07, 6.45) is 0.893. The van der Waals surface area contributed by atoms with Crippen molar-refractivity contribution in [3.8, 4) is 0 Å². The molecular formula is C22H20N4S2.